The third-order valence-corrected chi connectivity index (χ3v) is 4.31. The Hall–Kier alpha value is -1.65. The van der Waals surface area contributed by atoms with E-state index in [2.05, 4.69) is 18.3 Å². The number of hydrogen-bond donors (Lipinski definition) is 2. The lowest BCUT2D eigenvalue weighted by Gasteiger charge is -2.16. The van der Waals surface area contributed by atoms with Gasteiger partial charge in [-0.05, 0) is 29.0 Å². The second-order valence-corrected chi connectivity index (χ2v) is 5.67. The van der Waals surface area contributed by atoms with Gasteiger partial charge in [0.2, 0.25) is 5.91 Å². The second-order valence-electron chi connectivity index (χ2n) is 4.69. The lowest BCUT2D eigenvalue weighted by molar-refractivity contribution is -0.121. The van der Waals surface area contributed by atoms with Gasteiger partial charge in [0.25, 0.3) is 0 Å². The lowest BCUT2D eigenvalue weighted by Crippen LogP contribution is -2.29. The van der Waals surface area contributed by atoms with E-state index in [0.29, 0.717) is 13.0 Å². The molecule has 106 valence electrons. The van der Waals surface area contributed by atoms with Crippen LogP contribution in [0.25, 0.3) is 0 Å². The maximum Gasteiger partial charge on any atom is 0.224 e. The average molecular weight is 288 g/mol. The third kappa shape index (κ3) is 3.68. The van der Waals surface area contributed by atoms with Gasteiger partial charge in [-0.25, -0.2) is 0 Å². The molecule has 0 saturated carbocycles. The fraction of sp³-hybridized carbons (Fsp3) is 0.312. The van der Waals surface area contributed by atoms with E-state index < -0.39 is 0 Å². The summed E-state index contributed by atoms with van der Waals surface area (Å²) in [6.45, 7) is 2.55. The minimum atomic E-state index is 0.0474. The number of carbonyl (C=O) groups excluding carboxylic acids is 1. The minimum absolute atomic E-state index is 0.0474. The van der Waals surface area contributed by atoms with E-state index in [1.54, 1.807) is 11.3 Å². The summed E-state index contributed by atoms with van der Waals surface area (Å²) in [7, 11) is 0. The molecule has 0 saturated heterocycles. The molecule has 2 rings (SSSR count). The van der Waals surface area contributed by atoms with E-state index >= 15 is 0 Å². The molecule has 3 N–H and O–H groups in total. The molecule has 0 aliphatic carbocycles. The summed E-state index contributed by atoms with van der Waals surface area (Å²) in [6, 6.07) is 12.0. The van der Waals surface area contributed by atoms with Crippen molar-refractivity contribution in [3.63, 3.8) is 0 Å². The van der Waals surface area contributed by atoms with E-state index in [1.807, 2.05) is 35.7 Å². The smallest absolute Gasteiger partial charge is 0.224 e. The SMILES string of the molecule is CCC(NC(=O)Cc1ccccc1CN)c1cccs1. The molecule has 0 aliphatic heterocycles. The van der Waals surface area contributed by atoms with Crippen molar-refractivity contribution >= 4 is 17.2 Å². The van der Waals surface area contributed by atoms with Crippen molar-refractivity contribution in [1.82, 2.24) is 5.32 Å². The molecule has 4 heteroatoms. The zero-order valence-corrected chi connectivity index (χ0v) is 12.5. The van der Waals surface area contributed by atoms with Gasteiger partial charge in [-0.2, -0.15) is 0 Å². The molecule has 1 unspecified atom stereocenters. The fourth-order valence-corrected chi connectivity index (χ4v) is 3.07. The molecule has 1 aromatic heterocycles. The highest BCUT2D eigenvalue weighted by atomic mass is 32.1. The number of nitrogens with one attached hydrogen (secondary N) is 1. The molecule has 20 heavy (non-hydrogen) atoms. The number of hydrogen-bond acceptors (Lipinski definition) is 3. The topological polar surface area (TPSA) is 55.1 Å². The predicted octanol–water partition coefficient (Wildman–Crippen LogP) is 3.02. The molecule has 0 radical (unpaired) electrons. The molecule has 0 bridgehead atoms. The average Bonchev–Trinajstić information content (AvgIpc) is 2.99. The molecule has 3 nitrogen and oxygen atoms in total. The van der Waals surface area contributed by atoms with Crippen LogP contribution in [0.15, 0.2) is 41.8 Å². The van der Waals surface area contributed by atoms with Gasteiger partial charge in [-0.1, -0.05) is 37.3 Å². The normalized spacial score (nSPS) is 12.1. The van der Waals surface area contributed by atoms with E-state index in [1.165, 1.54) is 4.88 Å². The number of rotatable bonds is 6. The Balaban J connectivity index is 2.01. The molecular formula is C16H20N2OS. The van der Waals surface area contributed by atoms with Gasteiger partial charge in [0.1, 0.15) is 0 Å². The highest BCUT2D eigenvalue weighted by Gasteiger charge is 2.14. The molecule has 1 atom stereocenters. The van der Waals surface area contributed by atoms with Crippen LogP contribution in [0, 0.1) is 0 Å². The van der Waals surface area contributed by atoms with Crippen LogP contribution in [0.2, 0.25) is 0 Å². The molecule has 1 heterocycles. The Morgan fingerprint density at radius 2 is 2.00 bits per heavy atom. The van der Waals surface area contributed by atoms with Crippen molar-refractivity contribution in [3.05, 3.63) is 57.8 Å². The summed E-state index contributed by atoms with van der Waals surface area (Å²) >= 11 is 1.68. The van der Waals surface area contributed by atoms with Crippen LogP contribution >= 0.6 is 11.3 Å². The predicted molar refractivity (Wildman–Crippen MR) is 83.5 cm³/mol. The van der Waals surface area contributed by atoms with E-state index in [9.17, 15) is 4.79 Å². The highest BCUT2D eigenvalue weighted by molar-refractivity contribution is 7.10. The van der Waals surface area contributed by atoms with Crippen LogP contribution in [-0.4, -0.2) is 5.91 Å². The summed E-state index contributed by atoms with van der Waals surface area (Å²) in [6.07, 6.45) is 1.28. The second kappa shape index (κ2) is 7.22. The monoisotopic (exact) mass is 288 g/mol. The zero-order chi connectivity index (χ0) is 14.4. The first kappa shape index (κ1) is 14.8. The lowest BCUT2D eigenvalue weighted by atomic mass is 10.0. The van der Waals surface area contributed by atoms with Crippen LogP contribution in [0.1, 0.15) is 35.4 Å². The van der Waals surface area contributed by atoms with Gasteiger partial charge < -0.3 is 11.1 Å². The molecule has 0 spiro atoms. The Morgan fingerprint density at radius 3 is 2.60 bits per heavy atom. The van der Waals surface area contributed by atoms with Gasteiger partial charge in [0, 0.05) is 11.4 Å². The molecular weight excluding hydrogens is 268 g/mol. The van der Waals surface area contributed by atoms with E-state index in [-0.39, 0.29) is 11.9 Å². The molecule has 2 aromatic rings. The largest absolute Gasteiger partial charge is 0.348 e. The van der Waals surface area contributed by atoms with Crippen molar-refractivity contribution in [3.8, 4) is 0 Å². The molecule has 1 amide bonds. The first-order chi connectivity index (χ1) is 9.74. The van der Waals surface area contributed by atoms with Crippen LogP contribution in [0.3, 0.4) is 0 Å². The molecule has 0 fully saturated rings. The summed E-state index contributed by atoms with van der Waals surface area (Å²) < 4.78 is 0. The van der Waals surface area contributed by atoms with Gasteiger partial charge in [0.05, 0.1) is 12.5 Å². The van der Waals surface area contributed by atoms with Crippen molar-refractivity contribution in [2.75, 3.05) is 0 Å². The van der Waals surface area contributed by atoms with Crippen LogP contribution in [0.4, 0.5) is 0 Å². The van der Waals surface area contributed by atoms with Gasteiger partial charge in [-0.15, -0.1) is 11.3 Å². The summed E-state index contributed by atoms with van der Waals surface area (Å²) in [5, 5.41) is 5.14. The Bertz CT molecular complexity index is 551. The van der Waals surface area contributed by atoms with E-state index in [0.717, 1.165) is 17.5 Å². The molecule has 0 aliphatic rings. The van der Waals surface area contributed by atoms with Crippen LogP contribution in [0.5, 0.6) is 0 Å². The maximum atomic E-state index is 12.2. The van der Waals surface area contributed by atoms with Crippen LogP contribution in [-0.2, 0) is 17.8 Å². The first-order valence-electron chi connectivity index (χ1n) is 6.84. The van der Waals surface area contributed by atoms with Gasteiger partial charge >= 0.3 is 0 Å². The maximum absolute atomic E-state index is 12.2. The Kier molecular flexibility index (Phi) is 5.32. The number of nitrogens with two attached hydrogens (primary N) is 1. The first-order valence-corrected chi connectivity index (χ1v) is 7.72. The van der Waals surface area contributed by atoms with Crippen molar-refractivity contribution in [2.45, 2.75) is 32.4 Å². The van der Waals surface area contributed by atoms with E-state index in [4.69, 9.17) is 5.73 Å². The fourth-order valence-electron chi connectivity index (χ4n) is 2.21. The van der Waals surface area contributed by atoms with Gasteiger partial charge in [0.15, 0.2) is 0 Å². The highest BCUT2D eigenvalue weighted by Crippen LogP contribution is 2.21. The summed E-state index contributed by atoms with van der Waals surface area (Å²) in [5.41, 5.74) is 7.74. The number of benzene rings is 1. The zero-order valence-electron chi connectivity index (χ0n) is 11.6. The van der Waals surface area contributed by atoms with Crippen molar-refractivity contribution in [1.29, 1.82) is 0 Å². The van der Waals surface area contributed by atoms with Gasteiger partial charge in [-0.3, -0.25) is 4.79 Å². The summed E-state index contributed by atoms with van der Waals surface area (Å²) in [5.74, 6) is 0.0474. The Labute approximate surface area is 123 Å². The van der Waals surface area contributed by atoms with Crippen LogP contribution < -0.4 is 11.1 Å². The minimum Gasteiger partial charge on any atom is -0.348 e. The third-order valence-electron chi connectivity index (χ3n) is 3.32. The molecule has 1 aromatic carbocycles. The standard InChI is InChI=1S/C16H20N2OS/c1-2-14(15-8-5-9-20-15)18-16(19)10-12-6-3-4-7-13(12)11-17/h3-9,14H,2,10-11,17H2,1H3,(H,18,19). The number of amides is 1. The quantitative estimate of drug-likeness (QED) is 0.858. The number of carbonyl (C=O) groups is 1. The van der Waals surface area contributed by atoms with Crippen molar-refractivity contribution in [2.24, 2.45) is 5.73 Å². The number of thiophene rings is 1. The Morgan fingerprint density at radius 1 is 1.25 bits per heavy atom. The van der Waals surface area contributed by atoms with Crippen molar-refractivity contribution < 1.29 is 4.79 Å². The summed E-state index contributed by atoms with van der Waals surface area (Å²) in [4.78, 5) is 13.4.